The maximum atomic E-state index is 14.3. The molecule has 1 spiro atoms. The van der Waals surface area contributed by atoms with Crippen LogP contribution in [0.25, 0.3) is 11.3 Å². The van der Waals surface area contributed by atoms with Crippen molar-refractivity contribution in [3.05, 3.63) is 45.7 Å². The molecule has 0 amide bonds. The third kappa shape index (κ3) is 3.68. The third-order valence-electron chi connectivity index (χ3n) is 7.45. The average molecular weight is 439 g/mol. The lowest BCUT2D eigenvalue weighted by atomic mass is 9.68. The van der Waals surface area contributed by atoms with Crippen molar-refractivity contribution < 1.29 is 4.74 Å². The molecule has 5 heteroatoms. The van der Waals surface area contributed by atoms with Crippen molar-refractivity contribution in [3.63, 3.8) is 0 Å². The van der Waals surface area contributed by atoms with E-state index in [-0.39, 0.29) is 22.6 Å². The summed E-state index contributed by atoms with van der Waals surface area (Å²) in [4.78, 5) is 19.6. The first-order valence-electron chi connectivity index (χ1n) is 12.0. The van der Waals surface area contributed by atoms with Crippen LogP contribution in [0.2, 0.25) is 0 Å². The van der Waals surface area contributed by atoms with Gasteiger partial charge in [-0.25, -0.2) is 4.98 Å². The number of benzene rings is 1. The lowest BCUT2D eigenvalue weighted by Crippen LogP contribution is -2.44. The van der Waals surface area contributed by atoms with Gasteiger partial charge < -0.3 is 4.74 Å². The number of hydrogen-bond acceptors (Lipinski definition) is 4. The molecule has 0 radical (unpaired) electrons. The van der Waals surface area contributed by atoms with Gasteiger partial charge in [-0.15, -0.1) is 0 Å². The molecule has 1 saturated carbocycles. The molecule has 3 aliphatic rings. The topological polar surface area (TPSA) is 44.1 Å². The van der Waals surface area contributed by atoms with Gasteiger partial charge in [0.15, 0.2) is 5.16 Å². The van der Waals surface area contributed by atoms with Crippen molar-refractivity contribution in [2.75, 3.05) is 12.4 Å². The summed E-state index contributed by atoms with van der Waals surface area (Å²) in [7, 11) is 0. The van der Waals surface area contributed by atoms with Gasteiger partial charge in [0.25, 0.3) is 5.56 Å². The molecular weight excluding hydrogens is 404 g/mol. The fraction of sp³-hybridized carbons (Fsp3) is 0.615. The van der Waals surface area contributed by atoms with Gasteiger partial charge in [0.1, 0.15) is 0 Å². The van der Waals surface area contributed by atoms with E-state index in [9.17, 15) is 4.79 Å². The highest BCUT2D eigenvalue weighted by Gasteiger charge is 2.45. The molecule has 0 unspecified atom stereocenters. The molecule has 1 aromatic carbocycles. The molecule has 1 saturated heterocycles. The Morgan fingerprint density at radius 2 is 2.00 bits per heavy atom. The Morgan fingerprint density at radius 1 is 1.23 bits per heavy atom. The van der Waals surface area contributed by atoms with E-state index >= 15 is 0 Å². The monoisotopic (exact) mass is 438 g/mol. The molecule has 31 heavy (non-hydrogen) atoms. The Morgan fingerprint density at radius 3 is 2.74 bits per heavy atom. The van der Waals surface area contributed by atoms with Crippen LogP contribution in [0.3, 0.4) is 0 Å². The fourth-order valence-electron chi connectivity index (χ4n) is 6.06. The lowest BCUT2D eigenvalue weighted by Gasteiger charge is -2.40. The number of rotatable bonds is 4. The van der Waals surface area contributed by atoms with Gasteiger partial charge in [0.2, 0.25) is 0 Å². The van der Waals surface area contributed by atoms with E-state index in [1.165, 1.54) is 24.0 Å². The molecule has 5 rings (SSSR count). The van der Waals surface area contributed by atoms with Crippen molar-refractivity contribution in [1.82, 2.24) is 9.55 Å². The van der Waals surface area contributed by atoms with Crippen LogP contribution in [0.4, 0.5) is 0 Å². The van der Waals surface area contributed by atoms with Gasteiger partial charge >= 0.3 is 0 Å². The van der Waals surface area contributed by atoms with E-state index in [4.69, 9.17) is 9.72 Å². The zero-order chi connectivity index (χ0) is 21.6. The van der Waals surface area contributed by atoms with Crippen molar-refractivity contribution in [2.24, 2.45) is 0 Å². The Bertz CT molecular complexity index is 1040. The van der Waals surface area contributed by atoms with Crippen molar-refractivity contribution in [1.29, 1.82) is 0 Å². The molecule has 1 aromatic heterocycles. The Balaban J connectivity index is 1.74. The normalized spacial score (nSPS) is 23.5. The van der Waals surface area contributed by atoms with Gasteiger partial charge in [-0.05, 0) is 57.9 Å². The van der Waals surface area contributed by atoms with Gasteiger partial charge in [0.05, 0.1) is 16.9 Å². The maximum absolute atomic E-state index is 14.3. The van der Waals surface area contributed by atoms with E-state index in [0.717, 1.165) is 60.7 Å². The van der Waals surface area contributed by atoms with Crippen LogP contribution >= 0.6 is 11.8 Å². The number of aromatic nitrogens is 2. The standard InChI is InChI=1S/C26H34N2O2S/c1-4-15-31-24-27-22-20-10-6-5-9-18(20)16-26(12-7-8-13-26)21(22)23(29)28(24)19-11-14-30-25(2,3)17-19/h5-6,9-10,19H,4,7-8,11-17H2,1-3H3/t19-/m0/s1. The van der Waals surface area contributed by atoms with E-state index in [1.807, 2.05) is 0 Å². The summed E-state index contributed by atoms with van der Waals surface area (Å²) in [5.41, 5.74) is 4.49. The predicted molar refractivity (Wildman–Crippen MR) is 127 cm³/mol. The molecule has 2 aromatic rings. The molecule has 1 aliphatic heterocycles. The molecular formula is C26H34N2O2S. The highest BCUT2D eigenvalue weighted by Crippen LogP contribution is 2.50. The first-order valence-corrected chi connectivity index (χ1v) is 12.9. The highest BCUT2D eigenvalue weighted by molar-refractivity contribution is 7.99. The van der Waals surface area contributed by atoms with Crippen LogP contribution < -0.4 is 5.56 Å². The lowest BCUT2D eigenvalue weighted by molar-refractivity contribution is -0.0710. The smallest absolute Gasteiger partial charge is 0.258 e. The molecule has 4 nitrogen and oxygen atoms in total. The summed E-state index contributed by atoms with van der Waals surface area (Å²) in [6.07, 6.45) is 8.41. The first-order chi connectivity index (χ1) is 14.9. The number of nitrogens with zero attached hydrogens (tertiary/aromatic N) is 2. The number of hydrogen-bond donors (Lipinski definition) is 0. The summed E-state index contributed by atoms with van der Waals surface area (Å²) in [6, 6.07) is 8.78. The minimum atomic E-state index is -0.206. The van der Waals surface area contributed by atoms with E-state index in [1.54, 1.807) is 11.8 Å². The molecule has 2 heterocycles. The highest BCUT2D eigenvalue weighted by atomic mass is 32.2. The van der Waals surface area contributed by atoms with Crippen LogP contribution in [0.5, 0.6) is 0 Å². The van der Waals surface area contributed by atoms with Crippen molar-refractivity contribution in [3.8, 4) is 11.3 Å². The van der Waals surface area contributed by atoms with Crippen molar-refractivity contribution >= 4 is 11.8 Å². The second-order valence-corrected chi connectivity index (χ2v) is 11.3. The van der Waals surface area contributed by atoms with E-state index in [0.29, 0.717) is 6.61 Å². The molecule has 2 fully saturated rings. The summed E-state index contributed by atoms with van der Waals surface area (Å²) >= 11 is 1.74. The minimum Gasteiger partial charge on any atom is -0.375 e. The SMILES string of the molecule is CCCSc1nc2c(c(=O)n1[C@H]1CCOC(C)(C)C1)C1(CCCC1)Cc1ccccc1-2. The van der Waals surface area contributed by atoms with Crippen molar-refractivity contribution in [2.45, 2.75) is 94.4 Å². The largest absolute Gasteiger partial charge is 0.375 e. The maximum Gasteiger partial charge on any atom is 0.258 e. The molecule has 1 atom stereocenters. The summed E-state index contributed by atoms with van der Waals surface area (Å²) in [5.74, 6) is 0.977. The number of ether oxygens (including phenoxy) is 1. The number of fused-ring (bicyclic) bond motifs is 4. The predicted octanol–water partition coefficient (Wildman–Crippen LogP) is 5.91. The molecule has 0 N–H and O–H groups in total. The Labute approximate surface area is 189 Å². The summed E-state index contributed by atoms with van der Waals surface area (Å²) in [6.45, 7) is 7.18. The molecule has 0 bridgehead atoms. The second-order valence-electron chi connectivity index (χ2n) is 10.2. The Kier molecular flexibility index (Phi) is 5.54. The van der Waals surface area contributed by atoms with Crippen LogP contribution in [0.1, 0.15) is 82.9 Å². The number of thioether (sulfide) groups is 1. The van der Waals surface area contributed by atoms with E-state index < -0.39 is 0 Å². The fourth-order valence-corrected chi connectivity index (χ4v) is 6.97. The van der Waals surface area contributed by atoms with E-state index in [2.05, 4.69) is 49.6 Å². The van der Waals surface area contributed by atoms with Gasteiger partial charge in [0, 0.05) is 29.4 Å². The van der Waals surface area contributed by atoms with Crippen LogP contribution in [0, 0.1) is 0 Å². The zero-order valence-electron chi connectivity index (χ0n) is 19.1. The molecule has 2 aliphatic carbocycles. The first kappa shape index (κ1) is 21.3. The van der Waals surface area contributed by atoms with Gasteiger partial charge in [-0.1, -0.05) is 55.8 Å². The van der Waals surface area contributed by atoms with Crippen LogP contribution in [-0.4, -0.2) is 27.5 Å². The summed E-state index contributed by atoms with van der Waals surface area (Å²) < 4.78 is 8.07. The van der Waals surface area contributed by atoms with Crippen LogP contribution in [0.15, 0.2) is 34.2 Å². The quantitative estimate of drug-likeness (QED) is 0.440. The minimum absolute atomic E-state index is 0.0375. The zero-order valence-corrected chi connectivity index (χ0v) is 19.9. The van der Waals surface area contributed by atoms with Gasteiger partial charge in [-0.3, -0.25) is 9.36 Å². The Hall–Kier alpha value is -1.59. The average Bonchev–Trinajstić information content (AvgIpc) is 3.19. The summed E-state index contributed by atoms with van der Waals surface area (Å²) in [5, 5.41) is 0.901. The molecule has 166 valence electrons. The second kappa shape index (κ2) is 8.08. The van der Waals surface area contributed by atoms with Gasteiger partial charge in [-0.2, -0.15) is 0 Å². The van der Waals surface area contributed by atoms with Crippen LogP contribution in [-0.2, 0) is 16.6 Å². The third-order valence-corrected chi connectivity index (χ3v) is 8.61.